The number of likely N-dealkylation sites (tertiary alicyclic amines) is 1. The standard InChI is InChI=1S/C10H16N4O/c11-8-9-2-1-4-13(9)6-7-14-5-3-12-10(14)15/h9H,1-7H2,(H,12,15). The second kappa shape index (κ2) is 4.49. The number of urea groups is 1. The lowest BCUT2D eigenvalue weighted by Gasteiger charge is -2.22. The topological polar surface area (TPSA) is 59.4 Å². The van der Waals surface area contributed by atoms with Crippen LogP contribution < -0.4 is 5.32 Å². The van der Waals surface area contributed by atoms with Crippen molar-refractivity contribution in [3.63, 3.8) is 0 Å². The predicted molar refractivity (Wildman–Crippen MR) is 55.2 cm³/mol. The van der Waals surface area contributed by atoms with Gasteiger partial charge in [-0.3, -0.25) is 4.90 Å². The molecule has 1 unspecified atom stereocenters. The Hall–Kier alpha value is -1.28. The van der Waals surface area contributed by atoms with Crippen LogP contribution in [0.5, 0.6) is 0 Å². The minimum atomic E-state index is 0.0303. The van der Waals surface area contributed by atoms with Gasteiger partial charge in [0.25, 0.3) is 0 Å². The van der Waals surface area contributed by atoms with E-state index >= 15 is 0 Å². The molecule has 0 saturated carbocycles. The van der Waals surface area contributed by atoms with Crippen molar-refractivity contribution in [2.75, 3.05) is 32.7 Å². The third-order valence-corrected chi connectivity index (χ3v) is 3.11. The lowest BCUT2D eigenvalue weighted by Crippen LogP contribution is -2.38. The number of rotatable bonds is 3. The van der Waals surface area contributed by atoms with Gasteiger partial charge in [0.05, 0.1) is 12.1 Å². The maximum absolute atomic E-state index is 11.3. The molecule has 0 aromatic carbocycles. The Morgan fingerprint density at radius 3 is 3.00 bits per heavy atom. The van der Waals surface area contributed by atoms with Crippen LogP contribution in [-0.2, 0) is 0 Å². The Morgan fingerprint density at radius 2 is 2.33 bits per heavy atom. The van der Waals surface area contributed by atoms with Gasteiger partial charge < -0.3 is 10.2 Å². The average Bonchev–Trinajstić information content (AvgIpc) is 2.83. The molecule has 1 atom stereocenters. The summed E-state index contributed by atoms with van der Waals surface area (Å²) < 4.78 is 0. The van der Waals surface area contributed by atoms with Crippen LogP contribution in [0.3, 0.4) is 0 Å². The first-order valence-electron chi connectivity index (χ1n) is 5.47. The predicted octanol–water partition coefficient (Wildman–Crippen LogP) is -0.000420. The number of amides is 2. The SMILES string of the molecule is N#CC1CCCN1CCN1CCNC1=O. The maximum Gasteiger partial charge on any atom is 0.317 e. The van der Waals surface area contributed by atoms with Gasteiger partial charge in [-0.25, -0.2) is 4.79 Å². The Kier molecular flexibility index (Phi) is 3.07. The van der Waals surface area contributed by atoms with Crippen LogP contribution in [0.1, 0.15) is 12.8 Å². The molecular formula is C10H16N4O. The van der Waals surface area contributed by atoms with Crippen LogP contribution >= 0.6 is 0 Å². The Bertz CT molecular complexity index is 286. The minimum absolute atomic E-state index is 0.0303. The number of hydrogen-bond acceptors (Lipinski definition) is 3. The number of nitrogens with zero attached hydrogens (tertiary/aromatic N) is 3. The first-order chi connectivity index (χ1) is 7.31. The van der Waals surface area contributed by atoms with E-state index in [0.29, 0.717) is 0 Å². The molecule has 2 saturated heterocycles. The molecule has 0 radical (unpaired) electrons. The summed E-state index contributed by atoms with van der Waals surface area (Å²) in [7, 11) is 0. The molecule has 2 fully saturated rings. The fourth-order valence-corrected chi connectivity index (χ4v) is 2.21. The van der Waals surface area contributed by atoms with E-state index in [1.54, 1.807) is 0 Å². The zero-order valence-corrected chi connectivity index (χ0v) is 8.78. The van der Waals surface area contributed by atoms with Crippen molar-refractivity contribution in [2.24, 2.45) is 0 Å². The number of carbonyl (C=O) groups is 1. The highest BCUT2D eigenvalue weighted by Gasteiger charge is 2.26. The molecule has 1 N–H and O–H groups in total. The Balaban J connectivity index is 1.78. The van der Waals surface area contributed by atoms with Crippen LogP contribution in [0.2, 0.25) is 0 Å². The van der Waals surface area contributed by atoms with Gasteiger partial charge in [0.15, 0.2) is 0 Å². The molecule has 2 aliphatic heterocycles. The van der Waals surface area contributed by atoms with E-state index in [1.807, 2.05) is 4.90 Å². The second-order valence-electron chi connectivity index (χ2n) is 4.04. The summed E-state index contributed by atoms with van der Waals surface area (Å²) >= 11 is 0. The van der Waals surface area contributed by atoms with E-state index in [-0.39, 0.29) is 12.1 Å². The summed E-state index contributed by atoms with van der Waals surface area (Å²) in [6.45, 7) is 4.10. The van der Waals surface area contributed by atoms with E-state index < -0.39 is 0 Å². The maximum atomic E-state index is 11.3. The number of nitriles is 1. The van der Waals surface area contributed by atoms with Crippen LogP contribution in [0.4, 0.5) is 4.79 Å². The van der Waals surface area contributed by atoms with E-state index in [1.165, 1.54) is 0 Å². The molecule has 2 aliphatic rings. The highest BCUT2D eigenvalue weighted by atomic mass is 16.2. The highest BCUT2D eigenvalue weighted by molar-refractivity contribution is 5.76. The van der Waals surface area contributed by atoms with E-state index in [0.717, 1.165) is 45.6 Å². The van der Waals surface area contributed by atoms with E-state index in [9.17, 15) is 4.79 Å². The smallest absolute Gasteiger partial charge is 0.317 e. The minimum Gasteiger partial charge on any atom is -0.336 e. The van der Waals surface area contributed by atoms with Crippen molar-refractivity contribution >= 4 is 6.03 Å². The van der Waals surface area contributed by atoms with Gasteiger partial charge in [-0.2, -0.15) is 5.26 Å². The summed E-state index contributed by atoms with van der Waals surface area (Å²) in [6.07, 6.45) is 2.08. The molecule has 0 aromatic heterocycles. The van der Waals surface area contributed by atoms with Gasteiger partial charge in [0.1, 0.15) is 0 Å². The molecule has 0 spiro atoms. The fraction of sp³-hybridized carbons (Fsp3) is 0.800. The van der Waals surface area contributed by atoms with E-state index in [2.05, 4.69) is 16.3 Å². The van der Waals surface area contributed by atoms with Gasteiger partial charge >= 0.3 is 6.03 Å². The third kappa shape index (κ3) is 2.21. The molecule has 15 heavy (non-hydrogen) atoms. The molecule has 2 heterocycles. The monoisotopic (exact) mass is 208 g/mol. The number of carbonyl (C=O) groups excluding carboxylic acids is 1. The van der Waals surface area contributed by atoms with Gasteiger partial charge in [-0.1, -0.05) is 0 Å². The summed E-state index contributed by atoms with van der Waals surface area (Å²) in [5.74, 6) is 0. The largest absolute Gasteiger partial charge is 0.336 e. The summed E-state index contributed by atoms with van der Waals surface area (Å²) in [5, 5.41) is 11.7. The van der Waals surface area contributed by atoms with E-state index in [4.69, 9.17) is 5.26 Å². The Labute approximate surface area is 89.6 Å². The average molecular weight is 208 g/mol. The van der Waals surface area contributed by atoms with Crippen LogP contribution in [0, 0.1) is 11.3 Å². The molecule has 2 rings (SSSR count). The van der Waals surface area contributed by atoms with Crippen molar-refractivity contribution in [1.29, 1.82) is 5.26 Å². The first kappa shape index (κ1) is 10.2. The molecule has 82 valence electrons. The summed E-state index contributed by atoms with van der Waals surface area (Å²) in [6, 6.07) is 2.40. The lowest BCUT2D eigenvalue weighted by molar-refractivity contribution is 0.203. The van der Waals surface area contributed by atoms with Gasteiger partial charge in [-0.05, 0) is 19.4 Å². The molecule has 2 amide bonds. The third-order valence-electron chi connectivity index (χ3n) is 3.11. The van der Waals surface area contributed by atoms with Crippen molar-refractivity contribution in [1.82, 2.24) is 15.1 Å². The fourth-order valence-electron chi connectivity index (χ4n) is 2.21. The van der Waals surface area contributed by atoms with Gasteiger partial charge in [0, 0.05) is 26.2 Å². The molecule has 0 aliphatic carbocycles. The molecule has 5 heteroatoms. The van der Waals surface area contributed by atoms with Gasteiger partial charge in [0.2, 0.25) is 0 Å². The molecule has 5 nitrogen and oxygen atoms in total. The van der Waals surface area contributed by atoms with Crippen LogP contribution in [-0.4, -0.2) is 54.6 Å². The van der Waals surface area contributed by atoms with Crippen molar-refractivity contribution < 1.29 is 4.79 Å². The Morgan fingerprint density at radius 1 is 1.47 bits per heavy atom. The zero-order chi connectivity index (χ0) is 10.7. The van der Waals surface area contributed by atoms with Crippen LogP contribution in [0.25, 0.3) is 0 Å². The van der Waals surface area contributed by atoms with Crippen molar-refractivity contribution in [3.8, 4) is 6.07 Å². The normalized spacial score (nSPS) is 26.7. The lowest BCUT2D eigenvalue weighted by atomic mass is 10.2. The first-order valence-corrected chi connectivity index (χ1v) is 5.47. The second-order valence-corrected chi connectivity index (χ2v) is 4.04. The van der Waals surface area contributed by atoms with Crippen molar-refractivity contribution in [2.45, 2.75) is 18.9 Å². The molecule has 0 aromatic rings. The summed E-state index contributed by atoms with van der Waals surface area (Å²) in [4.78, 5) is 15.2. The number of nitrogens with one attached hydrogen (secondary N) is 1. The number of hydrogen-bond donors (Lipinski definition) is 1. The quantitative estimate of drug-likeness (QED) is 0.710. The molecular weight excluding hydrogens is 192 g/mol. The summed E-state index contributed by atoms with van der Waals surface area (Å²) in [5.41, 5.74) is 0. The van der Waals surface area contributed by atoms with Gasteiger partial charge in [-0.15, -0.1) is 0 Å². The van der Waals surface area contributed by atoms with Crippen molar-refractivity contribution in [3.05, 3.63) is 0 Å². The zero-order valence-electron chi connectivity index (χ0n) is 8.78. The molecule has 0 bridgehead atoms. The van der Waals surface area contributed by atoms with Crippen LogP contribution in [0.15, 0.2) is 0 Å². The highest BCUT2D eigenvalue weighted by Crippen LogP contribution is 2.15.